The molecule has 20 heavy (non-hydrogen) atoms. The molecule has 1 fully saturated rings. The molecule has 0 bridgehead atoms. The highest BCUT2D eigenvalue weighted by molar-refractivity contribution is 7.07. The molecule has 1 aromatic rings. The Morgan fingerprint density at radius 2 is 2.20 bits per heavy atom. The van der Waals surface area contributed by atoms with Gasteiger partial charge in [-0.1, -0.05) is 0 Å². The van der Waals surface area contributed by atoms with Crippen LogP contribution in [0.1, 0.15) is 39.2 Å². The summed E-state index contributed by atoms with van der Waals surface area (Å²) >= 11 is 1.78. The van der Waals surface area contributed by atoms with E-state index in [1.165, 1.54) is 18.4 Å². The number of thiophene rings is 1. The van der Waals surface area contributed by atoms with Gasteiger partial charge in [0.2, 0.25) is 0 Å². The third-order valence-corrected chi connectivity index (χ3v) is 4.39. The molecular formula is C16H28N2OS. The van der Waals surface area contributed by atoms with E-state index >= 15 is 0 Å². The lowest BCUT2D eigenvalue weighted by molar-refractivity contribution is 0.0752. The summed E-state index contributed by atoms with van der Waals surface area (Å²) in [5.74, 6) is 0. The van der Waals surface area contributed by atoms with Crippen LogP contribution >= 0.6 is 11.3 Å². The highest BCUT2D eigenvalue weighted by atomic mass is 32.1. The van der Waals surface area contributed by atoms with Crippen LogP contribution < -0.4 is 5.32 Å². The van der Waals surface area contributed by atoms with Crippen LogP contribution in [0.4, 0.5) is 0 Å². The van der Waals surface area contributed by atoms with E-state index in [4.69, 9.17) is 4.74 Å². The molecule has 1 saturated carbocycles. The Morgan fingerprint density at radius 3 is 2.70 bits per heavy atom. The maximum atomic E-state index is 5.47. The lowest BCUT2D eigenvalue weighted by atomic mass is 10.1. The summed E-state index contributed by atoms with van der Waals surface area (Å²) < 4.78 is 5.47. The van der Waals surface area contributed by atoms with Crippen LogP contribution in [0.5, 0.6) is 0 Å². The van der Waals surface area contributed by atoms with E-state index in [2.05, 4.69) is 47.8 Å². The van der Waals surface area contributed by atoms with Crippen LogP contribution in [0.15, 0.2) is 16.8 Å². The fourth-order valence-electron chi connectivity index (χ4n) is 2.44. The Morgan fingerprint density at radius 1 is 1.45 bits per heavy atom. The molecule has 0 amide bonds. The van der Waals surface area contributed by atoms with Crippen molar-refractivity contribution in [2.75, 3.05) is 20.3 Å². The van der Waals surface area contributed by atoms with E-state index in [-0.39, 0.29) is 5.54 Å². The van der Waals surface area contributed by atoms with Gasteiger partial charge in [0, 0.05) is 37.8 Å². The van der Waals surface area contributed by atoms with Gasteiger partial charge in [-0.05, 0) is 56.0 Å². The zero-order valence-corrected chi connectivity index (χ0v) is 14.0. The predicted octanol–water partition coefficient (Wildman–Crippen LogP) is 3.12. The largest absolute Gasteiger partial charge is 0.383 e. The van der Waals surface area contributed by atoms with Crippen molar-refractivity contribution in [2.24, 2.45) is 0 Å². The van der Waals surface area contributed by atoms with Crippen molar-refractivity contribution in [2.45, 2.75) is 57.8 Å². The SMILES string of the molecule is COCC(CNC(C)(C)C)N(Cc1ccsc1)C1CC1. The normalized spacial score (nSPS) is 17.6. The van der Waals surface area contributed by atoms with Crippen LogP contribution in [-0.2, 0) is 11.3 Å². The van der Waals surface area contributed by atoms with Crippen LogP contribution in [0, 0.1) is 0 Å². The van der Waals surface area contributed by atoms with Crippen molar-refractivity contribution < 1.29 is 4.74 Å². The molecule has 1 unspecified atom stereocenters. The number of ether oxygens (including phenoxy) is 1. The van der Waals surface area contributed by atoms with Gasteiger partial charge in [0.15, 0.2) is 0 Å². The zero-order valence-electron chi connectivity index (χ0n) is 13.2. The molecule has 0 aliphatic heterocycles. The Hall–Kier alpha value is -0.420. The van der Waals surface area contributed by atoms with Crippen LogP contribution in [0.25, 0.3) is 0 Å². The molecule has 1 N–H and O–H groups in total. The first-order valence-electron chi connectivity index (χ1n) is 7.50. The summed E-state index contributed by atoms with van der Waals surface area (Å²) in [4.78, 5) is 2.63. The van der Waals surface area contributed by atoms with Gasteiger partial charge in [0.05, 0.1) is 6.61 Å². The van der Waals surface area contributed by atoms with Gasteiger partial charge in [-0.15, -0.1) is 0 Å². The molecule has 1 atom stereocenters. The topological polar surface area (TPSA) is 24.5 Å². The molecule has 1 aliphatic carbocycles. The highest BCUT2D eigenvalue weighted by Crippen LogP contribution is 2.30. The number of methoxy groups -OCH3 is 1. The summed E-state index contributed by atoms with van der Waals surface area (Å²) in [6.07, 6.45) is 2.67. The second-order valence-electron chi connectivity index (χ2n) is 6.78. The van der Waals surface area contributed by atoms with Crippen LogP contribution in [0.3, 0.4) is 0 Å². The summed E-state index contributed by atoms with van der Waals surface area (Å²) in [7, 11) is 1.81. The first-order chi connectivity index (χ1) is 9.49. The van der Waals surface area contributed by atoms with Gasteiger partial charge < -0.3 is 10.1 Å². The van der Waals surface area contributed by atoms with Gasteiger partial charge in [-0.3, -0.25) is 4.90 Å². The van der Waals surface area contributed by atoms with Crippen molar-refractivity contribution in [3.05, 3.63) is 22.4 Å². The number of rotatable bonds is 8. The van der Waals surface area contributed by atoms with Gasteiger partial charge in [-0.25, -0.2) is 0 Å². The van der Waals surface area contributed by atoms with E-state index < -0.39 is 0 Å². The maximum absolute atomic E-state index is 5.47. The van der Waals surface area contributed by atoms with Gasteiger partial charge >= 0.3 is 0 Å². The second-order valence-corrected chi connectivity index (χ2v) is 7.56. The maximum Gasteiger partial charge on any atom is 0.0630 e. The van der Waals surface area contributed by atoms with E-state index in [0.29, 0.717) is 6.04 Å². The Bertz CT molecular complexity index is 382. The molecule has 4 heteroatoms. The van der Waals surface area contributed by atoms with Crippen molar-refractivity contribution in [1.29, 1.82) is 0 Å². The lowest BCUT2D eigenvalue weighted by Crippen LogP contribution is -2.50. The molecule has 1 aliphatic rings. The third kappa shape index (κ3) is 5.17. The predicted molar refractivity (Wildman–Crippen MR) is 86.3 cm³/mol. The summed E-state index contributed by atoms with van der Waals surface area (Å²) in [6.45, 7) is 9.49. The van der Waals surface area contributed by atoms with Crippen molar-refractivity contribution in [1.82, 2.24) is 10.2 Å². The molecule has 0 radical (unpaired) electrons. The quantitative estimate of drug-likeness (QED) is 0.798. The lowest BCUT2D eigenvalue weighted by Gasteiger charge is -2.34. The zero-order chi connectivity index (χ0) is 14.6. The second kappa shape index (κ2) is 7.03. The molecule has 0 spiro atoms. The average molecular weight is 296 g/mol. The molecule has 3 nitrogen and oxygen atoms in total. The molecular weight excluding hydrogens is 268 g/mol. The number of hydrogen-bond acceptors (Lipinski definition) is 4. The van der Waals surface area contributed by atoms with E-state index in [9.17, 15) is 0 Å². The van der Waals surface area contributed by atoms with E-state index in [1.807, 2.05) is 0 Å². The summed E-state index contributed by atoms with van der Waals surface area (Å²) in [6, 6.07) is 3.43. The average Bonchev–Trinajstić information content (AvgIpc) is 3.08. The van der Waals surface area contributed by atoms with E-state index in [1.54, 1.807) is 18.4 Å². The smallest absolute Gasteiger partial charge is 0.0630 e. The third-order valence-electron chi connectivity index (χ3n) is 3.66. The van der Waals surface area contributed by atoms with Crippen LogP contribution in [0.2, 0.25) is 0 Å². The molecule has 114 valence electrons. The number of hydrogen-bond donors (Lipinski definition) is 1. The molecule has 2 rings (SSSR count). The summed E-state index contributed by atoms with van der Waals surface area (Å²) in [5.41, 5.74) is 1.59. The van der Waals surface area contributed by atoms with Gasteiger partial charge in [0.25, 0.3) is 0 Å². The molecule has 0 aromatic carbocycles. The fourth-order valence-corrected chi connectivity index (χ4v) is 3.10. The molecule has 0 saturated heterocycles. The standard InChI is InChI=1S/C16H28N2OS/c1-16(2,3)17-9-15(11-19-4)18(14-5-6-14)10-13-7-8-20-12-13/h7-8,12,14-15,17H,5-6,9-11H2,1-4H3. The number of nitrogens with one attached hydrogen (secondary N) is 1. The van der Waals surface area contributed by atoms with Crippen molar-refractivity contribution in [3.63, 3.8) is 0 Å². The minimum absolute atomic E-state index is 0.156. The molecule has 1 aromatic heterocycles. The minimum Gasteiger partial charge on any atom is -0.383 e. The van der Waals surface area contributed by atoms with Crippen molar-refractivity contribution >= 4 is 11.3 Å². The number of nitrogens with zero attached hydrogens (tertiary/aromatic N) is 1. The van der Waals surface area contributed by atoms with Crippen molar-refractivity contribution in [3.8, 4) is 0 Å². The fraction of sp³-hybridized carbons (Fsp3) is 0.750. The first kappa shape index (κ1) is 16.0. The van der Waals surface area contributed by atoms with E-state index in [0.717, 1.165) is 25.7 Å². The summed E-state index contributed by atoms with van der Waals surface area (Å²) in [5, 5.41) is 8.06. The highest BCUT2D eigenvalue weighted by Gasteiger charge is 2.34. The van der Waals surface area contributed by atoms with Crippen LogP contribution in [-0.4, -0.2) is 42.8 Å². The Labute approximate surface area is 127 Å². The minimum atomic E-state index is 0.156. The molecule has 1 heterocycles. The Balaban J connectivity index is 1.98. The van der Waals surface area contributed by atoms with Gasteiger partial charge in [-0.2, -0.15) is 11.3 Å². The van der Waals surface area contributed by atoms with Gasteiger partial charge in [0.1, 0.15) is 0 Å². The Kier molecular flexibility index (Phi) is 5.61. The monoisotopic (exact) mass is 296 g/mol. The first-order valence-corrected chi connectivity index (χ1v) is 8.44.